The minimum Gasteiger partial charge on any atom is -0.0981 e. The van der Waals surface area contributed by atoms with Crippen LogP contribution in [-0.4, -0.2) is 0 Å². The van der Waals surface area contributed by atoms with Crippen molar-refractivity contribution in [3.63, 3.8) is 0 Å². The second-order valence-electron chi connectivity index (χ2n) is 5.06. The summed E-state index contributed by atoms with van der Waals surface area (Å²) >= 11 is 1.82. The molecule has 1 heteroatoms. The Morgan fingerprint density at radius 2 is 2.19 bits per heavy atom. The molecule has 0 aromatic heterocycles. The molecule has 1 aliphatic heterocycles. The molecule has 0 aliphatic carbocycles. The van der Waals surface area contributed by atoms with Gasteiger partial charge in [0.15, 0.2) is 0 Å². The van der Waals surface area contributed by atoms with Crippen LogP contribution in [0.1, 0.15) is 40.5 Å². The third-order valence-corrected chi connectivity index (χ3v) is 3.19. The fourth-order valence-corrected chi connectivity index (χ4v) is 2.23. The highest BCUT2D eigenvalue weighted by Gasteiger charge is 2.07. The molecule has 1 aliphatic rings. The van der Waals surface area contributed by atoms with Crippen LogP contribution in [0, 0.1) is 5.41 Å². The fourth-order valence-electron chi connectivity index (χ4n) is 1.40. The Morgan fingerprint density at radius 3 is 2.69 bits per heavy atom. The van der Waals surface area contributed by atoms with Gasteiger partial charge in [-0.2, -0.15) is 0 Å². The molecule has 88 valence electrons. The normalized spacial score (nSPS) is 18.0. The average molecular weight is 234 g/mol. The van der Waals surface area contributed by atoms with Gasteiger partial charge in [-0.15, -0.1) is 0 Å². The van der Waals surface area contributed by atoms with E-state index in [2.05, 4.69) is 63.5 Å². The maximum Gasteiger partial charge on any atom is 0.0148 e. The summed E-state index contributed by atoms with van der Waals surface area (Å²) in [5.41, 5.74) is 1.62. The molecule has 0 aromatic rings. The lowest BCUT2D eigenvalue weighted by Gasteiger charge is -2.14. The molecule has 0 aromatic carbocycles. The van der Waals surface area contributed by atoms with Gasteiger partial charge in [0.1, 0.15) is 0 Å². The minimum absolute atomic E-state index is 0.253. The number of hydrogen-bond donors (Lipinski definition) is 0. The zero-order valence-corrected chi connectivity index (χ0v) is 11.6. The van der Waals surface area contributed by atoms with Gasteiger partial charge < -0.3 is 0 Å². The molecule has 0 bridgehead atoms. The van der Waals surface area contributed by atoms with E-state index in [1.54, 1.807) is 0 Å². The predicted octanol–water partition coefficient (Wildman–Crippen LogP) is 5.46. The topological polar surface area (TPSA) is 0 Å². The van der Waals surface area contributed by atoms with Gasteiger partial charge in [-0.25, -0.2) is 0 Å². The lowest BCUT2D eigenvalue weighted by atomic mass is 9.95. The van der Waals surface area contributed by atoms with E-state index in [0.717, 1.165) is 12.8 Å². The zero-order chi connectivity index (χ0) is 12.0. The van der Waals surface area contributed by atoms with E-state index in [-0.39, 0.29) is 5.41 Å². The first kappa shape index (κ1) is 13.4. The average Bonchev–Trinajstić information content (AvgIpc) is 2.24. The Labute approximate surface area is 104 Å². The monoisotopic (exact) mass is 234 g/mol. The first-order chi connectivity index (χ1) is 7.53. The zero-order valence-electron chi connectivity index (χ0n) is 10.8. The van der Waals surface area contributed by atoms with Gasteiger partial charge in [0, 0.05) is 4.91 Å². The van der Waals surface area contributed by atoms with Crippen molar-refractivity contribution in [1.29, 1.82) is 0 Å². The van der Waals surface area contributed by atoms with Crippen LogP contribution >= 0.6 is 11.8 Å². The standard InChI is InChI=1S/C15H22S/c1-5-8-13(10-11-15(2,3)4)14-9-6-7-12-16-14/h7-12H,5-6H2,1-4H3/b11-10-,13-8+. The van der Waals surface area contributed by atoms with E-state index in [4.69, 9.17) is 0 Å². The molecule has 0 N–H and O–H groups in total. The molecule has 0 amide bonds. The van der Waals surface area contributed by atoms with Crippen LogP contribution in [-0.2, 0) is 0 Å². The Bertz CT molecular complexity index is 335. The van der Waals surface area contributed by atoms with Crippen LogP contribution in [0.4, 0.5) is 0 Å². The molecule has 1 heterocycles. The van der Waals surface area contributed by atoms with Crippen molar-refractivity contribution in [3.8, 4) is 0 Å². The van der Waals surface area contributed by atoms with E-state index < -0.39 is 0 Å². The summed E-state index contributed by atoms with van der Waals surface area (Å²) in [5, 5.41) is 2.18. The molecule has 0 nitrogen and oxygen atoms in total. The predicted molar refractivity (Wildman–Crippen MR) is 76.4 cm³/mol. The summed E-state index contributed by atoms with van der Waals surface area (Å²) in [5.74, 6) is 0. The second kappa shape index (κ2) is 6.15. The summed E-state index contributed by atoms with van der Waals surface area (Å²) in [7, 11) is 0. The summed E-state index contributed by atoms with van der Waals surface area (Å²) in [6, 6.07) is 0. The Balaban J connectivity index is 2.80. The van der Waals surface area contributed by atoms with Crippen molar-refractivity contribution in [1.82, 2.24) is 0 Å². The molecule has 1 rings (SSSR count). The third kappa shape index (κ3) is 4.89. The molecule has 0 fully saturated rings. The molecule has 0 saturated carbocycles. The van der Waals surface area contributed by atoms with Crippen LogP contribution in [0.2, 0.25) is 0 Å². The Hall–Kier alpha value is -0.690. The van der Waals surface area contributed by atoms with Crippen LogP contribution < -0.4 is 0 Å². The van der Waals surface area contributed by atoms with Crippen molar-refractivity contribution in [3.05, 3.63) is 46.3 Å². The van der Waals surface area contributed by atoms with Gasteiger partial charge >= 0.3 is 0 Å². The van der Waals surface area contributed by atoms with Crippen molar-refractivity contribution in [2.45, 2.75) is 40.5 Å². The Morgan fingerprint density at radius 1 is 1.44 bits per heavy atom. The largest absolute Gasteiger partial charge is 0.0981 e. The summed E-state index contributed by atoms with van der Waals surface area (Å²) in [4.78, 5) is 1.39. The van der Waals surface area contributed by atoms with E-state index >= 15 is 0 Å². The molecular formula is C15H22S. The van der Waals surface area contributed by atoms with Crippen LogP contribution in [0.25, 0.3) is 0 Å². The van der Waals surface area contributed by atoms with Crippen LogP contribution in [0.3, 0.4) is 0 Å². The van der Waals surface area contributed by atoms with E-state index in [0.29, 0.717) is 0 Å². The number of hydrogen-bond acceptors (Lipinski definition) is 1. The maximum atomic E-state index is 2.31. The summed E-state index contributed by atoms with van der Waals surface area (Å²) in [6.07, 6.45) is 13.5. The molecule has 16 heavy (non-hydrogen) atoms. The molecular weight excluding hydrogens is 212 g/mol. The van der Waals surface area contributed by atoms with Gasteiger partial charge in [-0.05, 0) is 29.2 Å². The van der Waals surface area contributed by atoms with Crippen molar-refractivity contribution < 1.29 is 0 Å². The lowest BCUT2D eigenvalue weighted by molar-refractivity contribution is 0.544. The second-order valence-corrected chi connectivity index (χ2v) is 6.01. The SMILES string of the molecule is CC/C=C(\C=C/C(C)(C)C)C1=CCC=CS1. The molecule has 0 radical (unpaired) electrons. The third-order valence-electron chi connectivity index (χ3n) is 2.20. The van der Waals surface area contributed by atoms with Crippen molar-refractivity contribution in [2.75, 3.05) is 0 Å². The highest BCUT2D eigenvalue weighted by atomic mass is 32.2. The van der Waals surface area contributed by atoms with Crippen molar-refractivity contribution in [2.24, 2.45) is 5.41 Å². The number of allylic oxidation sites excluding steroid dienone is 6. The van der Waals surface area contributed by atoms with Crippen LogP contribution in [0.5, 0.6) is 0 Å². The first-order valence-electron chi connectivity index (χ1n) is 5.94. The molecule has 0 saturated heterocycles. The number of rotatable bonds is 3. The van der Waals surface area contributed by atoms with E-state index in [1.165, 1.54) is 10.5 Å². The lowest BCUT2D eigenvalue weighted by Crippen LogP contribution is -1.99. The van der Waals surface area contributed by atoms with E-state index in [9.17, 15) is 0 Å². The van der Waals surface area contributed by atoms with Gasteiger partial charge in [0.2, 0.25) is 0 Å². The van der Waals surface area contributed by atoms with Gasteiger partial charge in [-0.3, -0.25) is 0 Å². The number of thioether (sulfide) groups is 1. The maximum absolute atomic E-state index is 2.31. The Kier molecular flexibility index (Phi) is 5.14. The van der Waals surface area contributed by atoms with Gasteiger partial charge in [0.05, 0.1) is 0 Å². The molecule has 0 spiro atoms. The molecule has 0 atom stereocenters. The highest BCUT2D eigenvalue weighted by Crippen LogP contribution is 2.31. The van der Waals surface area contributed by atoms with Gasteiger partial charge in [-0.1, -0.05) is 69.8 Å². The first-order valence-corrected chi connectivity index (χ1v) is 6.82. The fraction of sp³-hybridized carbons (Fsp3) is 0.467. The van der Waals surface area contributed by atoms with Gasteiger partial charge in [0.25, 0.3) is 0 Å². The minimum atomic E-state index is 0.253. The highest BCUT2D eigenvalue weighted by molar-refractivity contribution is 8.06. The molecule has 0 unspecified atom stereocenters. The quantitative estimate of drug-likeness (QED) is 0.584. The van der Waals surface area contributed by atoms with Crippen molar-refractivity contribution >= 4 is 11.8 Å². The summed E-state index contributed by atoms with van der Waals surface area (Å²) in [6.45, 7) is 8.88. The van der Waals surface area contributed by atoms with Crippen LogP contribution in [0.15, 0.2) is 46.3 Å². The van der Waals surface area contributed by atoms with E-state index in [1.807, 2.05) is 11.8 Å². The smallest absolute Gasteiger partial charge is 0.0148 e. The summed E-state index contributed by atoms with van der Waals surface area (Å²) < 4.78 is 0.